The van der Waals surface area contributed by atoms with Crippen molar-refractivity contribution in [3.63, 3.8) is 0 Å². The summed E-state index contributed by atoms with van der Waals surface area (Å²) in [7, 11) is 1.78. The van der Waals surface area contributed by atoms with Crippen molar-refractivity contribution in [2.45, 2.75) is 31.2 Å². The van der Waals surface area contributed by atoms with Crippen molar-refractivity contribution in [3.05, 3.63) is 60.4 Å². The summed E-state index contributed by atoms with van der Waals surface area (Å²) in [5, 5.41) is 10.2. The Morgan fingerprint density at radius 1 is 1.29 bits per heavy atom. The summed E-state index contributed by atoms with van der Waals surface area (Å²) in [4.78, 5) is 21.1. The molecule has 1 aliphatic rings. The molecular formula is C20H21FN6O. The van der Waals surface area contributed by atoms with Gasteiger partial charge in [0, 0.05) is 25.0 Å². The zero-order valence-electron chi connectivity index (χ0n) is 15.5. The number of aromatic nitrogens is 4. The molecule has 0 aliphatic heterocycles. The van der Waals surface area contributed by atoms with Crippen LogP contribution in [0.4, 0.5) is 14.9 Å². The molecule has 2 aromatic heterocycles. The molecule has 1 fully saturated rings. The Balaban J connectivity index is 1.49. The minimum absolute atomic E-state index is 0.264. The Morgan fingerprint density at radius 3 is 2.82 bits per heavy atom. The van der Waals surface area contributed by atoms with Gasteiger partial charge in [-0.15, -0.1) is 0 Å². The summed E-state index contributed by atoms with van der Waals surface area (Å²) in [5.41, 5.74) is 2.38. The van der Waals surface area contributed by atoms with Gasteiger partial charge in [0.1, 0.15) is 17.2 Å². The minimum Gasteiger partial charge on any atom is -0.332 e. The van der Waals surface area contributed by atoms with Gasteiger partial charge in [0.25, 0.3) is 0 Å². The average molecular weight is 380 g/mol. The zero-order chi connectivity index (χ0) is 19.6. The quantitative estimate of drug-likeness (QED) is 0.711. The lowest BCUT2D eigenvalue weighted by atomic mass is 9.73. The second-order valence-electron chi connectivity index (χ2n) is 7.14. The van der Waals surface area contributed by atoms with Gasteiger partial charge in [-0.05, 0) is 43.4 Å². The van der Waals surface area contributed by atoms with Gasteiger partial charge in [-0.25, -0.2) is 9.18 Å². The van der Waals surface area contributed by atoms with Crippen LogP contribution in [0.2, 0.25) is 0 Å². The van der Waals surface area contributed by atoms with E-state index in [2.05, 4.69) is 25.7 Å². The Kier molecular flexibility index (Phi) is 4.77. The van der Waals surface area contributed by atoms with Crippen molar-refractivity contribution in [2.75, 3.05) is 5.32 Å². The van der Waals surface area contributed by atoms with E-state index in [0.29, 0.717) is 23.5 Å². The molecule has 0 unspecified atom stereocenters. The van der Waals surface area contributed by atoms with Crippen LogP contribution in [-0.2, 0) is 13.5 Å². The Labute approximate surface area is 162 Å². The van der Waals surface area contributed by atoms with Crippen LogP contribution in [0.15, 0.2) is 49.1 Å². The number of carbonyl (C=O) groups is 1. The molecule has 7 nitrogen and oxygen atoms in total. The van der Waals surface area contributed by atoms with Crippen molar-refractivity contribution >= 4 is 11.7 Å². The van der Waals surface area contributed by atoms with Crippen LogP contribution in [0, 0.1) is 5.82 Å². The number of benzene rings is 1. The highest BCUT2D eigenvalue weighted by molar-refractivity contribution is 5.93. The van der Waals surface area contributed by atoms with Gasteiger partial charge in [0.15, 0.2) is 0 Å². The predicted octanol–water partition coefficient (Wildman–Crippen LogP) is 3.30. The number of hydrogen-bond donors (Lipinski definition) is 2. The molecule has 0 atom stereocenters. The number of halogens is 1. The van der Waals surface area contributed by atoms with E-state index >= 15 is 0 Å². The maximum Gasteiger partial charge on any atom is 0.319 e. The summed E-state index contributed by atoms with van der Waals surface area (Å²) < 4.78 is 15.1. The lowest BCUT2D eigenvalue weighted by Crippen LogP contribution is -2.56. The summed E-state index contributed by atoms with van der Waals surface area (Å²) in [5.74, 6) is -0.264. The summed E-state index contributed by atoms with van der Waals surface area (Å²) in [6, 6.07) is 6.21. The SMILES string of the molecule is Cn1ncc(NC(=O)NC2(Cc3cccc(F)c3)CCC2)c1-c1cnccn1. The maximum absolute atomic E-state index is 13.5. The van der Waals surface area contributed by atoms with Gasteiger partial charge in [-0.2, -0.15) is 5.10 Å². The van der Waals surface area contributed by atoms with E-state index in [-0.39, 0.29) is 17.4 Å². The second-order valence-corrected chi connectivity index (χ2v) is 7.14. The van der Waals surface area contributed by atoms with Crippen molar-refractivity contribution in [1.29, 1.82) is 0 Å². The van der Waals surface area contributed by atoms with E-state index in [0.717, 1.165) is 24.8 Å². The fraction of sp³-hybridized carbons (Fsp3) is 0.300. The molecule has 144 valence electrons. The number of carbonyl (C=O) groups excluding carboxylic acids is 1. The maximum atomic E-state index is 13.5. The van der Waals surface area contributed by atoms with Crippen LogP contribution in [-0.4, -0.2) is 31.3 Å². The first-order valence-electron chi connectivity index (χ1n) is 9.17. The smallest absolute Gasteiger partial charge is 0.319 e. The van der Waals surface area contributed by atoms with E-state index < -0.39 is 0 Å². The topological polar surface area (TPSA) is 84.7 Å². The van der Waals surface area contributed by atoms with Crippen LogP contribution in [0.1, 0.15) is 24.8 Å². The van der Waals surface area contributed by atoms with Gasteiger partial charge < -0.3 is 10.6 Å². The molecule has 3 aromatic rings. The number of urea groups is 1. The monoisotopic (exact) mass is 380 g/mol. The summed E-state index contributed by atoms with van der Waals surface area (Å²) >= 11 is 0. The number of nitrogens with zero attached hydrogens (tertiary/aromatic N) is 4. The first-order valence-corrected chi connectivity index (χ1v) is 9.17. The van der Waals surface area contributed by atoms with Crippen molar-refractivity contribution in [1.82, 2.24) is 25.1 Å². The second kappa shape index (κ2) is 7.38. The molecular weight excluding hydrogens is 359 g/mol. The average Bonchev–Trinajstić information content (AvgIpc) is 3.00. The molecule has 28 heavy (non-hydrogen) atoms. The van der Waals surface area contributed by atoms with Gasteiger partial charge in [-0.1, -0.05) is 12.1 Å². The highest BCUT2D eigenvalue weighted by atomic mass is 19.1. The van der Waals surface area contributed by atoms with Crippen LogP contribution in [0.3, 0.4) is 0 Å². The molecule has 2 N–H and O–H groups in total. The fourth-order valence-corrected chi connectivity index (χ4v) is 3.64. The normalized spacial score (nSPS) is 14.9. The summed E-state index contributed by atoms with van der Waals surface area (Å²) in [6.45, 7) is 0. The molecule has 0 radical (unpaired) electrons. The van der Waals surface area contributed by atoms with Crippen molar-refractivity contribution in [3.8, 4) is 11.4 Å². The largest absolute Gasteiger partial charge is 0.332 e. The van der Waals surface area contributed by atoms with Crippen LogP contribution >= 0.6 is 0 Å². The van der Waals surface area contributed by atoms with Gasteiger partial charge in [0.05, 0.1) is 18.1 Å². The zero-order valence-corrected chi connectivity index (χ0v) is 15.5. The third-order valence-corrected chi connectivity index (χ3v) is 5.11. The Morgan fingerprint density at radius 2 is 2.14 bits per heavy atom. The van der Waals surface area contributed by atoms with Gasteiger partial charge in [0.2, 0.25) is 0 Å². The lowest BCUT2D eigenvalue weighted by molar-refractivity contribution is 0.183. The van der Waals surface area contributed by atoms with E-state index in [1.165, 1.54) is 12.1 Å². The predicted molar refractivity (Wildman–Crippen MR) is 103 cm³/mol. The van der Waals surface area contributed by atoms with Gasteiger partial charge >= 0.3 is 6.03 Å². The van der Waals surface area contributed by atoms with E-state index in [1.807, 2.05) is 6.07 Å². The molecule has 2 heterocycles. The van der Waals surface area contributed by atoms with Crippen LogP contribution in [0.25, 0.3) is 11.4 Å². The Hall–Kier alpha value is -3.29. The van der Waals surface area contributed by atoms with Gasteiger partial charge in [-0.3, -0.25) is 14.6 Å². The highest BCUT2D eigenvalue weighted by Gasteiger charge is 2.38. The van der Waals surface area contributed by atoms with Crippen molar-refractivity contribution in [2.24, 2.45) is 7.05 Å². The molecule has 2 amide bonds. The van der Waals surface area contributed by atoms with Crippen LogP contribution in [0.5, 0.6) is 0 Å². The molecule has 8 heteroatoms. The summed E-state index contributed by atoms with van der Waals surface area (Å²) in [6.07, 6.45) is 9.75. The number of anilines is 1. The molecule has 0 saturated heterocycles. The molecule has 1 aliphatic carbocycles. The van der Waals surface area contributed by atoms with E-state index in [9.17, 15) is 9.18 Å². The minimum atomic E-state index is -0.354. The first-order chi connectivity index (χ1) is 13.5. The fourth-order valence-electron chi connectivity index (χ4n) is 3.64. The van der Waals surface area contributed by atoms with E-state index in [4.69, 9.17) is 0 Å². The Bertz CT molecular complexity index is 983. The number of amides is 2. The number of aryl methyl sites for hydroxylation is 1. The molecule has 0 bridgehead atoms. The van der Waals surface area contributed by atoms with Crippen molar-refractivity contribution < 1.29 is 9.18 Å². The standard InChI is InChI=1S/C20H21FN6O/c1-27-18(16-12-22-8-9-23-16)17(13-24-27)25-19(28)26-20(6-3-7-20)11-14-4-2-5-15(21)10-14/h2,4-5,8-10,12-13H,3,6-7,11H2,1H3,(H2,25,26,28). The molecule has 4 rings (SSSR count). The number of hydrogen-bond acceptors (Lipinski definition) is 4. The van der Waals surface area contributed by atoms with Crippen LogP contribution < -0.4 is 10.6 Å². The molecule has 0 spiro atoms. The third-order valence-electron chi connectivity index (χ3n) is 5.11. The lowest BCUT2D eigenvalue weighted by Gasteiger charge is -2.42. The molecule has 1 aromatic carbocycles. The first kappa shape index (κ1) is 18.1. The van der Waals surface area contributed by atoms with E-state index in [1.54, 1.807) is 42.6 Å². The highest BCUT2D eigenvalue weighted by Crippen LogP contribution is 2.35. The molecule has 1 saturated carbocycles. The number of rotatable bonds is 5. The number of nitrogens with one attached hydrogen (secondary N) is 2. The third kappa shape index (κ3) is 3.71.